The Balaban J connectivity index is 1.69. The lowest BCUT2D eigenvalue weighted by atomic mass is 10.1. The van der Waals surface area contributed by atoms with Gasteiger partial charge in [0.1, 0.15) is 11.6 Å². The molecule has 0 saturated heterocycles. The number of anilines is 1. The van der Waals surface area contributed by atoms with E-state index >= 15 is 0 Å². The lowest BCUT2D eigenvalue weighted by molar-refractivity contribution is 0.785. The van der Waals surface area contributed by atoms with Crippen molar-refractivity contribution in [2.75, 3.05) is 11.4 Å². The highest BCUT2D eigenvalue weighted by molar-refractivity contribution is 5.63. The van der Waals surface area contributed by atoms with Gasteiger partial charge in [0.05, 0.1) is 18.0 Å². The van der Waals surface area contributed by atoms with Gasteiger partial charge >= 0.3 is 0 Å². The number of hydrogen-bond donors (Lipinski definition) is 0. The Morgan fingerprint density at radius 1 is 1.04 bits per heavy atom. The van der Waals surface area contributed by atoms with E-state index in [9.17, 15) is 5.26 Å². The van der Waals surface area contributed by atoms with Crippen LogP contribution in [0.1, 0.15) is 17.2 Å². The molecule has 24 heavy (non-hydrogen) atoms. The first-order valence-electron chi connectivity index (χ1n) is 7.96. The minimum absolute atomic E-state index is 0.236. The molecule has 1 atom stereocenters. The van der Waals surface area contributed by atoms with Crippen molar-refractivity contribution in [3.05, 3.63) is 78.1 Å². The molecule has 1 unspecified atom stereocenters. The second kappa shape index (κ2) is 6.13. The molecule has 0 fully saturated rings. The van der Waals surface area contributed by atoms with E-state index in [1.165, 1.54) is 5.56 Å². The van der Waals surface area contributed by atoms with Gasteiger partial charge in [-0.05, 0) is 5.56 Å². The van der Waals surface area contributed by atoms with Gasteiger partial charge in [-0.1, -0.05) is 60.7 Å². The van der Waals surface area contributed by atoms with Crippen LogP contribution in [0.5, 0.6) is 0 Å². The molecule has 0 aliphatic carbocycles. The van der Waals surface area contributed by atoms with Crippen LogP contribution in [-0.4, -0.2) is 16.5 Å². The predicted molar refractivity (Wildman–Crippen MR) is 93.3 cm³/mol. The van der Waals surface area contributed by atoms with Gasteiger partial charge in [0, 0.05) is 18.7 Å². The molecule has 4 nitrogen and oxygen atoms in total. The summed E-state index contributed by atoms with van der Waals surface area (Å²) >= 11 is 0. The van der Waals surface area contributed by atoms with Crippen LogP contribution in [0.15, 0.2) is 66.9 Å². The van der Waals surface area contributed by atoms with Gasteiger partial charge in [0.15, 0.2) is 5.82 Å². The zero-order chi connectivity index (χ0) is 16.4. The van der Waals surface area contributed by atoms with Gasteiger partial charge in [-0.15, -0.1) is 0 Å². The molecular weight excluding hydrogens is 296 g/mol. The molecule has 1 aliphatic rings. The van der Waals surface area contributed by atoms with Crippen molar-refractivity contribution in [2.24, 2.45) is 0 Å². The van der Waals surface area contributed by atoms with Gasteiger partial charge in [0.25, 0.3) is 0 Å². The smallest absolute Gasteiger partial charge is 0.152 e. The summed E-state index contributed by atoms with van der Waals surface area (Å²) in [4.78, 5) is 11.5. The van der Waals surface area contributed by atoms with E-state index in [-0.39, 0.29) is 5.92 Å². The number of nitrogens with zero attached hydrogens (tertiary/aromatic N) is 4. The van der Waals surface area contributed by atoms with Crippen molar-refractivity contribution < 1.29 is 0 Å². The van der Waals surface area contributed by atoms with Crippen LogP contribution < -0.4 is 4.90 Å². The van der Waals surface area contributed by atoms with Crippen molar-refractivity contribution in [2.45, 2.75) is 12.5 Å². The molecule has 2 aromatic carbocycles. The van der Waals surface area contributed by atoms with Crippen LogP contribution in [0.2, 0.25) is 0 Å². The number of benzene rings is 2. The molecule has 0 bridgehead atoms. The average molecular weight is 312 g/mol. The Morgan fingerprint density at radius 3 is 2.46 bits per heavy atom. The normalized spacial score (nSPS) is 15.8. The van der Waals surface area contributed by atoms with Crippen LogP contribution in [0, 0.1) is 11.3 Å². The second-order valence-electron chi connectivity index (χ2n) is 5.88. The Hall–Kier alpha value is -3.19. The fraction of sp³-hybridized carbons (Fsp3) is 0.150. The number of nitriles is 1. The van der Waals surface area contributed by atoms with Gasteiger partial charge in [-0.2, -0.15) is 5.26 Å². The van der Waals surface area contributed by atoms with Crippen molar-refractivity contribution >= 4 is 5.82 Å². The van der Waals surface area contributed by atoms with E-state index in [2.05, 4.69) is 28.1 Å². The summed E-state index contributed by atoms with van der Waals surface area (Å²) in [7, 11) is 0. The minimum Gasteiger partial charge on any atom is -0.349 e. The quantitative estimate of drug-likeness (QED) is 0.738. The summed E-state index contributed by atoms with van der Waals surface area (Å²) in [6, 6.07) is 22.6. The molecule has 1 aromatic heterocycles. The second-order valence-corrected chi connectivity index (χ2v) is 5.88. The molecule has 0 N–H and O–H groups in total. The third-order valence-electron chi connectivity index (χ3n) is 4.25. The number of fused-ring (bicyclic) bond motifs is 1. The molecule has 0 amide bonds. The SMILES string of the molecule is N#CC1CN(Cc2ccccc2)c2ncc(-c3ccccc3)nc21. The Kier molecular flexibility index (Phi) is 3.68. The summed E-state index contributed by atoms with van der Waals surface area (Å²) in [5.41, 5.74) is 3.83. The molecule has 2 heterocycles. The summed E-state index contributed by atoms with van der Waals surface area (Å²) in [5.74, 6) is 0.588. The zero-order valence-corrected chi connectivity index (χ0v) is 13.1. The molecule has 3 aromatic rings. The van der Waals surface area contributed by atoms with Crippen molar-refractivity contribution in [1.82, 2.24) is 9.97 Å². The molecule has 116 valence electrons. The van der Waals surface area contributed by atoms with E-state index in [1.807, 2.05) is 48.5 Å². The van der Waals surface area contributed by atoms with Crippen molar-refractivity contribution in [1.29, 1.82) is 5.26 Å². The van der Waals surface area contributed by atoms with Crippen LogP contribution in [-0.2, 0) is 6.54 Å². The van der Waals surface area contributed by atoms with E-state index in [0.29, 0.717) is 6.54 Å². The van der Waals surface area contributed by atoms with E-state index < -0.39 is 0 Å². The molecule has 0 saturated carbocycles. The first-order valence-corrected chi connectivity index (χ1v) is 7.96. The first-order chi connectivity index (χ1) is 11.8. The third-order valence-corrected chi connectivity index (χ3v) is 4.25. The van der Waals surface area contributed by atoms with E-state index in [1.54, 1.807) is 6.20 Å². The Bertz CT molecular complexity index is 885. The maximum atomic E-state index is 9.51. The standard InChI is InChI=1S/C20H16N4/c21-11-17-14-24(13-15-7-3-1-4-8-15)20-19(17)23-18(12-22-20)16-9-5-2-6-10-16/h1-10,12,17H,13-14H2. The molecular formula is C20H16N4. The molecule has 4 heteroatoms. The number of rotatable bonds is 3. The molecule has 1 aliphatic heterocycles. The first kappa shape index (κ1) is 14.4. The topological polar surface area (TPSA) is 52.8 Å². The van der Waals surface area contributed by atoms with Crippen LogP contribution in [0.25, 0.3) is 11.3 Å². The minimum atomic E-state index is -0.236. The Labute approximate surface area is 141 Å². The van der Waals surface area contributed by atoms with Gasteiger partial charge in [-0.3, -0.25) is 0 Å². The third kappa shape index (κ3) is 2.61. The maximum Gasteiger partial charge on any atom is 0.152 e. The number of hydrogen-bond acceptors (Lipinski definition) is 4. The summed E-state index contributed by atoms with van der Waals surface area (Å²) in [6.07, 6.45) is 1.80. The summed E-state index contributed by atoms with van der Waals surface area (Å²) in [6.45, 7) is 1.38. The van der Waals surface area contributed by atoms with Crippen LogP contribution in [0.3, 0.4) is 0 Å². The highest BCUT2D eigenvalue weighted by Crippen LogP contribution is 2.35. The molecule has 4 rings (SSSR count). The zero-order valence-electron chi connectivity index (χ0n) is 13.1. The van der Waals surface area contributed by atoms with E-state index in [4.69, 9.17) is 4.98 Å². The van der Waals surface area contributed by atoms with E-state index in [0.717, 1.165) is 29.3 Å². The fourth-order valence-corrected chi connectivity index (χ4v) is 3.06. The van der Waals surface area contributed by atoms with Crippen LogP contribution >= 0.6 is 0 Å². The largest absolute Gasteiger partial charge is 0.349 e. The summed E-state index contributed by atoms with van der Waals surface area (Å²) < 4.78 is 0. The monoisotopic (exact) mass is 312 g/mol. The lowest BCUT2D eigenvalue weighted by Crippen LogP contribution is -2.21. The van der Waals surface area contributed by atoms with Crippen molar-refractivity contribution in [3.8, 4) is 17.3 Å². The van der Waals surface area contributed by atoms with Crippen LogP contribution in [0.4, 0.5) is 5.82 Å². The van der Waals surface area contributed by atoms with Gasteiger partial charge < -0.3 is 4.90 Å². The fourth-order valence-electron chi connectivity index (χ4n) is 3.06. The van der Waals surface area contributed by atoms with Crippen molar-refractivity contribution in [3.63, 3.8) is 0 Å². The van der Waals surface area contributed by atoms with Gasteiger partial charge in [-0.25, -0.2) is 9.97 Å². The Morgan fingerprint density at radius 2 is 1.75 bits per heavy atom. The highest BCUT2D eigenvalue weighted by atomic mass is 15.2. The predicted octanol–water partition coefficient (Wildman–Crippen LogP) is 3.77. The average Bonchev–Trinajstić information content (AvgIpc) is 3.00. The van der Waals surface area contributed by atoms with Gasteiger partial charge in [0.2, 0.25) is 0 Å². The lowest BCUT2D eigenvalue weighted by Gasteiger charge is -2.18. The number of aromatic nitrogens is 2. The molecule has 0 spiro atoms. The summed E-state index contributed by atoms with van der Waals surface area (Å²) in [5, 5.41) is 9.51. The maximum absolute atomic E-state index is 9.51. The highest BCUT2D eigenvalue weighted by Gasteiger charge is 2.31. The molecule has 0 radical (unpaired) electrons.